The van der Waals surface area contributed by atoms with Gasteiger partial charge < -0.3 is 0 Å². The van der Waals surface area contributed by atoms with Crippen molar-refractivity contribution in [2.24, 2.45) is 0 Å². The summed E-state index contributed by atoms with van der Waals surface area (Å²) in [6, 6.07) is 51.6. The van der Waals surface area contributed by atoms with Crippen molar-refractivity contribution in [1.82, 2.24) is 24.9 Å². The fraction of sp³-hybridized carbons (Fsp3) is 0.0238. The molecule has 0 N–H and O–H groups in total. The number of pyridine rings is 2. The average Bonchev–Trinajstić information content (AvgIpc) is 3.15. The number of rotatable bonds is 6. The van der Waals surface area contributed by atoms with Crippen LogP contribution in [0.15, 0.2) is 158 Å². The molecule has 5 nitrogen and oxygen atoms in total. The quantitative estimate of drug-likeness (QED) is 0.189. The topological polar surface area (TPSA) is 64.5 Å². The van der Waals surface area contributed by atoms with Crippen LogP contribution in [0.4, 0.5) is 0 Å². The molecule has 0 unspecified atom stereocenters. The zero-order chi connectivity index (χ0) is 31.6. The number of nitrogens with zero attached hydrogens (tertiary/aromatic N) is 5. The van der Waals surface area contributed by atoms with E-state index in [2.05, 4.69) is 78.9 Å². The third-order valence-electron chi connectivity index (χ3n) is 8.19. The molecule has 47 heavy (non-hydrogen) atoms. The maximum absolute atomic E-state index is 5.05. The van der Waals surface area contributed by atoms with Gasteiger partial charge in [0, 0.05) is 45.1 Å². The summed E-state index contributed by atoms with van der Waals surface area (Å²) in [6.45, 7) is 2.04. The molecule has 222 valence electrons. The zero-order valence-electron chi connectivity index (χ0n) is 25.7. The molecule has 8 rings (SSSR count). The second kappa shape index (κ2) is 12.2. The third kappa shape index (κ3) is 5.78. The Morgan fingerprint density at radius 1 is 0.383 bits per heavy atom. The lowest BCUT2D eigenvalue weighted by Gasteiger charge is -2.14. The molecule has 0 aliphatic rings. The van der Waals surface area contributed by atoms with Crippen LogP contribution in [0.2, 0.25) is 0 Å². The standard InChI is InChI=1S/C42H29N5/c1-28-23-33(29-13-5-2-6-14-29)27-38(44-28)34-24-35(39-37-20-12-11-15-30(37)21-22-43-39)26-36(25-34)42-46-40(31-16-7-3-8-17-31)45-41(47-42)32-18-9-4-10-19-32/h2-27H,1H3. The van der Waals surface area contributed by atoms with Crippen LogP contribution in [0, 0.1) is 6.92 Å². The molecule has 3 heterocycles. The number of aryl methyl sites for hydroxylation is 1. The smallest absolute Gasteiger partial charge is 0.164 e. The lowest BCUT2D eigenvalue weighted by Crippen LogP contribution is -2.01. The van der Waals surface area contributed by atoms with Crippen LogP contribution in [-0.4, -0.2) is 24.9 Å². The van der Waals surface area contributed by atoms with Crippen molar-refractivity contribution in [1.29, 1.82) is 0 Å². The minimum atomic E-state index is 0.581. The highest BCUT2D eigenvalue weighted by Crippen LogP contribution is 2.36. The molecule has 8 aromatic rings. The van der Waals surface area contributed by atoms with E-state index in [0.29, 0.717) is 17.5 Å². The molecule has 0 saturated carbocycles. The predicted octanol–water partition coefficient (Wildman–Crippen LogP) is 10.1. The maximum Gasteiger partial charge on any atom is 0.164 e. The van der Waals surface area contributed by atoms with E-state index in [9.17, 15) is 0 Å². The van der Waals surface area contributed by atoms with Crippen LogP contribution in [-0.2, 0) is 0 Å². The Labute approximate surface area is 273 Å². The number of benzene rings is 5. The highest BCUT2D eigenvalue weighted by molar-refractivity contribution is 5.96. The fourth-order valence-electron chi connectivity index (χ4n) is 5.94. The van der Waals surface area contributed by atoms with E-state index < -0.39 is 0 Å². The monoisotopic (exact) mass is 603 g/mol. The van der Waals surface area contributed by atoms with E-state index in [1.807, 2.05) is 85.9 Å². The Morgan fingerprint density at radius 3 is 1.57 bits per heavy atom. The first-order chi connectivity index (χ1) is 23.2. The largest absolute Gasteiger partial charge is 0.256 e. The van der Waals surface area contributed by atoms with Crippen LogP contribution in [0.1, 0.15) is 5.69 Å². The summed E-state index contributed by atoms with van der Waals surface area (Å²) >= 11 is 0. The Bertz CT molecular complexity index is 2290. The zero-order valence-corrected chi connectivity index (χ0v) is 25.7. The molecule has 0 amide bonds. The van der Waals surface area contributed by atoms with Crippen LogP contribution >= 0.6 is 0 Å². The molecular weight excluding hydrogens is 574 g/mol. The summed E-state index contributed by atoms with van der Waals surface area (Å²) in [4.78, 5) is 24.9. The summed E-state index contributed by atoms with van der Waals surface area (Å²) < 4.78 is 0. The molecule has 0 aliphatic heterocycles. The molecule has 0 fully saturated rings. The van der Waals surface area contributed by atoms with Crippen molar-refractivity contribution < 1.29 is 0 Å². The SMILES string of the molecule is Cc1cc(-c2ccccc2)cc(-c2cc(-c3nc(-c4ccccc4)nc(-c4ccccc4)n3)cc(-c3nccc4ccccc34)c2)n1. The van der Waals surface area contributed by atoms with Gasteiger partial charge in [0.15, 0.2) is 17.5 Å². The molecule has 0 bridgehead atoms. The van der Waals surface area contributed by atoms with Gasteiger partial charge in [-0.2, -0.15) is 0 Å². The normalized spacial score (nSPS) is 11.1. The van der Waals surface area contributed by atoms with E-state index in [1.54, 1.807) is 0 Å². The average molecular weight is 604 g/mol. The highest BCUT2D eigenvalue weighted by Gasteiger charge is 2.17. The number of aromatic nitrogens is 5. The van der Waals surface area contributed by atoms with Crippen molar-refractivity contribution in [3.63, 3.8) is 0 Å². The lowest BCUT2D eigenvalue weighted by atomic mass is 9.96. The summed E-state index contributed by atoms with van der Waals surface area (Å²) in [5.41, 5.74) is 9.57. The molecular formula is C42H29N5. The van der Waals surface area contributed by atoms with Crippen molar-refractivity contribution >= 4 is 10.8 Å². The van der Waals surface area contributed by atoms with Gasteiger partial charge >= 0.3 is 0 Å². The van der Waals surface area contributed by atoms with Crippen molar-refractivity contribution in [3.05, 3.63) is 164 Å². The van der Waals surface area contributed by atoms with Gasteiger partial charge in [0.1, 0.15) is 0 Å². The van der Waals surface area contributed by atoms with Gasteiger partial charge in [-0.05, 0) is 59.8 Å². The molecule has 5 heteroatoms. The Hall–Kier alpha value is -6.33. The Kier molecular flexibility index (Phi) is 7.32. The van der Waals surface area contributed by atoms with Crippen LogP contribution < -0.4 is 0 Å². The molecule has 0 atom stereocenters. The first-order valence-corrected chi connectivity index (χ1v) is 15.6. The molecule has 5 aromatic carbocycles. The first kappa shape index (κ1) is 28.2. The lowest BCUT2D eigenvalue weighted by molar-refractivity contribution is 1.07. The molecule has 0 spiro atoms. The van der Waals surface area contributed by atoms with Gasteiger partial charge in [-0.1, -0.05) is 115 Å². The van der Waals surface area contributed by atoms with E-state index in [-0.39, 0.29) is 0 Å². The second-order valence-electron chi connectivity index (χ2n) is 11.5. The van der Waals surface area contributed by atoms with E-state index in [0.717, 1.165) is 66.8 Å². The molecule has 0 aliphatic carbocycles. The summed E-state index contributed by atoms with van der Waals surface area (Å²) in [6.07, 6.45) is 1.87. The Morgan fingerprint density at radius 2 is 0.915 bits per heavy atom. The Balaban J connectivity index is 1.38. The van der Waals surface area contributed by atoms with Crippen LogP contribution in [0.5, 0.6) is 0 Å². The van der Waals surface area contributed by atoms with E-state index in [4.69, 9.17) is 24.9 Å². The predicted molar refractivity (Wildman–Crippen MR) is 190 cm³/mol. The minimum Gasteiger partial charge on any atom is -0.256 e. The van der Waals surface area contributed by atoms with E-state index >= 15 is 0 Å². The van der Waals surface area contributed by atoms with Gasteiger partial charge in [-0.3, -0.25) is 9.97 Å². The molecule has 3 aromatic heterocycles. The fourth-order valence-corrected chi connectivity index (χ4v) is 5.94. The van der Waals surface area contributed by atoms with Gasteiger partial charge in [-0.25, -0.2) is 15.0 Å². The van der Waals surface area contributed by atoms with Gasteiger partial charge in [0.25, 0.3) is 0 Å². The van der Waals surface area contributed by atoms with Crippen LogP contribution in [0.3, 0.4) is 0 Å². The first-order valence-electron chi connectivity index (χ1n) is 15.6. The van der Waals surface area contributed by atoms with Gasteiger partial charge in [0.05, 0.1) is 11.4 Å². The third-order valence-corrected chi connectivity index (χ3v) is 8.19. The summed E-state index contributed by atoms with van der Waals surface area (Å²) in [5.74, 6) is 1.81. The van der Waals surface area contributed by atoms with Crippen molar-refractivity contribution in [3.8, 4) is 67.8 Å². The number of hydrogen-bond acceptors (Lipinski definition) is 5. The maximum atomic E-state index is 5.05. The number of hydrogen-bond donors (Lipinski definition) is 0. The highest BCUT2D eigenvalue weighted by atomic mass is 15.0. The van der Waals surface area contributed by atoms with Crippen molar-refractivity contribution in [2.75, 3.05) is 0 Å². The number of fused-ring (bicyclic) bond motifs is 1. The van der Waals surface area contributed by atoms with Gasteiger partial charge in [-0.15, -0.1) is 0 Å². The van der Waals surface area contributed by atoms with Crippen LogP contribution in [0.25, 0.3) is 78.6 Å². The molecule has 0 radical (unpaired) electrons. The minimum absolute atomic E-state index is 0.581. The summed E-state index contributed by atoms with van der Waals surface area (Å²) in [7, 11) is 0. The van der Waals surface area contributed by atoms with E-state index in [1.165, 1.54) is 0 Å². The summed E-state index contributed by atoms with van der Waals surface area (Å²) in [5, 5.41) is 2.20. The molecule has 0 saturated heterocycles. The second-order valence-corrected chi connectivity index (χ2v) is 11.5. The van der Waals surface area contributed by atoms with Gasteiger partial charge in [0.2, 0.25) is 0 Å². The van der Waals surface area contributed by atoms with Crippen molar-refractivity contribution in [2.45, 2.75) is 6.92 Å².